The second-order valence-electron chi connectivity index (χ2n) is 10.8. The summed E-state index contributed by atoms with van der Waals surface area (Å²) in [4.78, 5) is 14.4. The van der Waals surface area contributed by atoms with Gasteiger partial charge in [-0.3, -0.25) is 4.79 Å². The van der Waals surface area contributed by atoms with Crippen LogP contribution in [0.1, 0.15) is 70.8 Å². The van der Waals surface area contributed by atoms with Crippen LogP contribution in [0.5, 0.6) is 5.75 Å². The molecule has 160 valence electrons. The first-order valence-electron chi connectivity index (χ1n) is 11.8. The first kappa shape index (κ1) is 19.9. The summed E-state index contributed by atoms with van der Waals surface area (Å²) in [5.74, 6) is 3.46. The van der Waals surface area contributed by atoms with Gasteiger partial charge >= 0.3 is 0 Å². The number of carbonyl (C=O) groups is 1. The smallest absolute Gasteiger partial charge is 0.222 e. The lowest BCUT2D eigenvalue weighted by atomic mass is 9.47. The summed E-state index contributed by atoms with van der Waals surface area (Å²) in [7, 11) is 2.04. The van der Waals surface area contributed by atoms with E-state index in [4.69, 9.17) is 10.00 Å². The number of carbonyl (C=O) groups excluding carboxylic acids is 1. The third kappa shape index (κ3) is 2.81. The van der Waals surface area contributed by atoms with Crippen LogP contribution >= 0.6 is 0 Å². The van der Waals surface area contributed by atoms with E-state index in [0.29, 0.717) is 17.5 Å². The summed E-state index contributed by atoms with van der Waals surface area (Å²) in [5.41, 5.74) is 1.19. The summed E-state index contributed by atoms with van der Waals surface area (Å²) in [5, 5.41) is 9.04. The molecule has 1 aromatic rings. The van der Waals surface area contributed by atoms with Crippen molar-refractivity contribution in [2.24, 2.45) is 28.6 Å². The zero-order valence-electron chi connectivity index (χ0n) is 18.6. The molecule has 1 heterocycles. The number of benzene rings is 1. The first-order chi connectivity index (χ1) is 14.4. The van der Waals surface area contributed by atoms with Gasteiger partial charge < -0.3 is 9.64 Å². The third-order valence-corrected chi connectivity index (χ3v) is 9.73. The van der Waals surface area contributed by atoms with Crippen LogP contribution in [0.3, 0.4) is 0 Å². The Balaban J connectivity index is 1.36. The highest BCUT2D eigenvalue weighted by Crippen LogP contribution is 2.65. The van der Waals surface area contributed by atoms with E-state index in [0.717, 1.165) is 49.2 Å². The van der Waals surface area contributed by atoms with Gasteiger partial charge in [0.1, 0.15) is 11.9 Å². The SMILES string of the molecule is CN1C(=O)CC[C@@]2(C)C1CC[C@@H]1[C@H]2CC[C@]2(C)C(Oc3ccc(C#N)cc3)CC[C@@H]12. The van der Waals surface area contributed by atoms with E-state index >= 15 is 0 Å². The monoisotopic (exact) mass is 406 g/mol. The molecular formula is C26H34N2O2. The van der Waals surface area contributed by atoms with Crippen LogP contribution < -0.4 is 4.74 Å². The molecule has 4 aliphatic rings. The standard InChI is InChI=1S/C26H34N2O2/c1-25-15-13-24(29)28(3)22(25)10-8-19-20-9-11-23(26(20,2)14-12-21(19)25)30-18-6-4-17(16-27)5-7-18/h4-7,19-23H,8-15H2,1-3H3/t19-,20-,21+,22?,23?,25+,26-/m0/s1. The van der Waals surface area contributed by atoms with Gasteiger partial charge in [0.05, 0.1) is 11.6 Å². The minimum Gasteiger partial charge on any atom is -0.490 e. The van der Waals surface area contributed by atoms with Crippen molar-refractivity contribution in [2.45, 2.75) is 77.4 Å². The molecule has 0 bridgehead atoms. The molecule has 4 nitrogen and oxygen atoms in total. The maximum Gasteiger partial charge on any atom is 0.222 e. The van der Waals surface area contributed by atoms with Crippen molar-refractivity contribution in [3.63, 3.8) is 0 Å². The second-order valence-corrected chi connectivity index (χ2v) is 10.8. The van der Waals surface area contributed by atoms with Gasteiger partial charge in [0.15, 0.2) is 0 Å². The Bertz CT molecular complexity index is 874. The van der Waals surface area contributed by atoms with Gasteiger partial charge in [-0.2, -0.15) is 5.26 Å². The minimum atomic E-state index is 0.231. The molecule has 4 fully saturated rings. The topological polar surface area (TPSA) is 53.3 Å². The molecule has 5 rings (SSSR count). The molecule has 4 heteroatoms. The van der Waals surface area contributed by atoms with Crippen molar-refractivity contribution >= 4 is 5.91 Å². The average molecular weight is 407 g/mol. The lowest BCUT2D eigenvalue weighted by Gasteiger charge is -2.61. The molecule has 1 saturated heterocycles. The maximum atomic E-state index is 12.3. The maximum absolute atomic E-state index is 12.3. The molecule has 0 spiro atoms. The van der Waals surface area contributed by atoms with Crippen LogP contribution in [0, 0.1) is 39.9 Å². The number of fused-ring (bicyclic) bond motifs is 5. The van der Waals surface area contributed by atoms with Gasteiger partial charge in [0.25, 0.3) is 0 Å². The summed E-state index contributed by atoms with van der Waals surface area (Å²) in [6.07, 6.45) is 9.34. The molecule has 0 radical (unpaired) electrons. The summed E-state index contributed by atoms with van der Waals surface area (Å²) < 4.78 is 6.53. The number of likely N-dealkylation sites (tertiary alicyclic amines) is 1. The molecule has 3 aliphatic carbocycles. The molecular weight excluding hydrogens is 372 g/mol. The van der Waals surface area contributed by atoms with Crippen molar-refractivity contribution in [1.29, 1.82) is 5.26 Å². The average Bonchev–Trinajstić information content (AvgIpc) is 3.08. The number of nitriles is 1. The number of nitrogens with zero attached hydrogens (tertiary/aromatic N) is 2. The highest BCUT2D eigenvalue weighted by Gasteiger charge is 2.61. The van der Waals surface area contributed by atoms with Crippen LogP contribution in [0.2, 0.25) is 0 Å². The highest BCUT2D eigenvalue weighted by molar-refractivity contribution is 5.77. The van der Waals surface area contributed by atoms with Crippen LogP contribution in [-0.2, 0) is 4.79 Å². The number of rotatable bonds is 2. The van der Waals surface area contributed by atoms with E-state index < -0.39 is 0 Å². The molecule has 1 aromatic carbocycles. The van der Waals surface area contributed by atoms with Crippen LogP contribution in [-0.4, -0.2) is 30.0 Å². The Morgan fingerprint density at radius 3 is 2.47 bits per heavy atom. The Labute approximate surface area is 180 Å². The molecule has 3 saturated carbocycles. The fraction of sp³-hybridized carbons (Fsp3) is 0.692. The van der Waals surface area contributed by atoms with Crippen molar-refractivity contribution < 1.29 is 9.53 Å². The molecule has 30 heavy (non-hydrogen) atoms. The largest absolute Gasteiger partial charge is 0.490 e. The quantitative estimate of drug-likeness (QED) is 0.681. The van der Waals surface area contributed by atoms with Crippen molar-refractivity contribution in [2.75, 3.05) is 7.05 Å². The zero-order chi connectivity index (χ0) is 21.1. The van der Waals surface area contributed by atoms with Crippen molar-refractivity contribution in [1.82, 2.24) is 4.90 Å². The first-order valence-corrected chi connectivity index (χ1v) is 11.8. The number of ether oxygens (including phenoxy) is 1. The molecule has 7 atom stereocenters. The van der Waals surface area contributed by atoms with E-state index in [1.54, 1.807) is 0 Å². The van der Waals surface area contributed by atoms with E-state index in [1.807, 2.05) is 31.3 Å². The summed E-state index contributed by atoms with van der Waals surface area (Å²) >= 11 is 0. The Hall–Kier alpha value is -2.02. The fourth-order valence-corrected chi connectivity index (χ4v) is 8.07. The van der Waals surface area contributed by atoms with Gasteiger partial charge in [-0.1, -0.05) is 13.8 Å². The minimum absolute atomic E-state index is 0.231. The third-order valence-electron chi connectivity index (χ3n) is 9.73. The van der Waals surface area contributed by atoms with Crippen LogP contribution in [0.15, 0.2) is 24.3 Å². The van der Waals surface area contributed by atoms with E-state index in [1.165, 1.54) is 25.7 Å². The number of amides is 1. The van der Waals surface area contributed by atoms with Crippen molar-refractivity contribution in [3.8, 4) is 11.8 Å². The van der Waals surface area contributed by atoms with E-state index in [9.17, 15) is 4.79 Å². The van der Waals surface area contributed by atoms with Crippen LogP contribution in [0.4, 0.5) is 0 Å². The molecule has 2 unspecified atom stereocenters. The second kappa shape index (κ2) is 7.01. The Morgan fingerprint density at radius 1 is 1.00 bits per heavy atom. The number of hydrogen-bond donors (Lipinski definition) is 0. The van der Waals surface area contributed by atoms with Gasteiger partial charge in [-0.05, 0) is 92.4 Å². The van der Waals surface area contributed by atoms with Crippen molar-refractivity contribution in [3.05, 3.63) is 29.8 Å². The van der Waals surface area contributed by atoms with E-state index in [-0.39, 0.29) is 16.9 Å². The Morgan fingerprint density at radius 2 is 1.73 bits per heavy atom. The lowest BCUT2D eigenvalue weighted by Crippen LogP contribution is -2.61. The molecule has 0 aromatic heterocycles. The normalized spacial score (nSPS) is 42.7. The summed E-state index contributed by atoms with van der Waals surface area (Å²) in [6.45, 7) is 4.96. The van der Waals surface area contributed by atoms with Gasteiger partial charge in [0, 0.05) is 24.9 Å². The lowest BCUT2D eigenvalue weighted by molar-refractivity contribution is -0.159. The van der Waals surface area contributed by atoms with Gasteiger partial charge in [0.2, 0.25) is 5.91 Å². The predicted octanol–water partition coefficient (Wildman–Crippen LogP) is 5.17. The van der Waals surface area contributed by atoms with Gasteiger partial charge in [-0.15, -0.1) is 0 Å². The number of hydrogen-bond acceptors (Lipinski definition) is 3. The molecule has 1 aliphatic heterocycles. The van der Waals surface area contributed by atoms with Crippen LogP contribution in [0.25, 0.3) is 0 Å². The van der Waals surface area contributed by atoms with Gasteiger partial charge in [-0.25, -0.2) is 0 Å². The van der Waals surface area contributed by atoms with E-state index in [2.05, 4.69) is 24.8 Å². The summed E-state index contributed by atoms with van der Waals surface area (Å²) in [6, 6.07) is 10.2. The molecule has 0 N–H and O–H groups in total. The predicted molar refractivity (Wildman–Crippen MR) is 116 cm³/mol. The Kier molecular flexibility index (Phi) is 4.65. The number of piperidine rings is 1. The molecule has 1 amide bonds. The zero-order valence-corrected chi connectivity index (χ0v) is 18.6. The fourth-order valence-electron chi connectivity index (χ4n) is 8.07. The highest BCUT2D eigenvalue weighted by atomic mass is 16.5.